The Kier molecular flexibility index (Phi) is 6.42. The summed E-state index contributed by atoms with van der Waals surface area (Å²) in [5.41, 5.74) is 1.95. The number of rotatable bonds is 7. The van der Waals surface area contributed by atoms with E-state index in [0.717, 1.165) is 22.6 Å². The minimum Gasteiger partial charge on any atom is -0.487 e. The maximum atomic E-state index is 12.6. The zero-order valence-corrected chi connectivity index (χ0v) is 18.4. The van der Waals surface area contributed by atoms with Crippen molar-refractivity contribution in [3.63, 3.8) is 0 Å². The van der Waals surface area contributed by atoms with Gasteiger partial charge < -0.3 is 14.5 Å². The van der Waals surface area contributed by atoms with Crippen molar-refractivity contribution in [3.05, 3.63) is 86.5 Å². The van der Waals surface area contributed by atoms with Gasteiger partial charge in [-0.1, -0.05) is 24.3 Å². The van der Waals surface area contributed by atoms with Crippen LogP contribution in [0.15, 0.2) is 53.5 Å². The summed E-state index contributed by atoms with van der Waals surface area (Å²) in [6, 6.07) is 13.2. The highest BCUT2D eigenvalue weighted by Gasteiger charge is 2.19. The number of thiophene rings is 1. The van der Waals surface area contributed by atoms with Gasteiger partial charge in [0.2, 0.25) is 0 Å². The molecular weight excluding hydrogens is 426 g/mol. The Bertz CT molecular complexity index is 1340. The number of hydrogen-bond donors (Lipinski definition) is 1. The Labute approximate surface area is 188 Å². The van der Waals surface area contributed by atoms with Gasteiger partial charge in [0.15, 0.2) is 0 Å². The van der Waals surface area contributed by atoms with Gasteiger partial charge in [-0.2, -0.15) is 0 Å². The second-order valence-electron chi connectivity index (χ2n) is 6.89. The van der Waals surface area contributed by atoms with Gasteiger partial charge in [-0.3, -0.25) is 9.78 Å². The Balaban J connectivity index is 1.60. The molecule has 0 bridgehead atoms. The van der Waals surface area contributed by atoms with Crippen molar-refractivity contribution in [1.29, 1.82) is 0 Å². The standard InChI is InChI=1S/C24H21N3O4S/c1-3-30-24(29)21-15(2)20-22(28)26-19(27-23(20)32-21)12-11-16-8-4-5-10-18(16)31-14-17-9-6-7-13-25-17/h4-13H,3,14H2,1-2H3,(H,26,27,28)/b12-11+. The van der Waals surface area contributed by atoms with Crippen LogP contribution >= 0.6 is 11.3 Å². The number of ether oxygens (including phenoxy) is 2. The fourth-order valence-corrected chi connectivity index (χ4v) is 4.27. The monoisotopic (exact) mass is 447 g/mol. The number of H-pyrrole nitrogens is 1. The zero-order valence-electron chi connectivity index (χ0n) is 17.6. The SMILES string of the molecule is CCOC(=O)c1sc2nc(/C=C/c3ccccc3OCc3ccccn3)[nH]c(=O)c2c1C. The van der Waals surface area contributed by atoms with Gasteiger partial charge in [-0.05, 0) is 49.8 Å². The van der Waals surface area contributed by atoms with E-state index in [0.29, 0.717) is 38.8 Å². The normalized spacial score (nSPS) is 11.2. The van der Waals surface area contributed by atoms with Crippen LogP contribution in [0.4, 0.5) is 0 Å². The first-order chi connectivity index (χ1) is 15.6. The van der Waals surface area contributed by atoms with Crippen molar-refractivity contribution in [2.75, 3.05) is 6.61 Å². The lowest BCUT2D eigenvalue weighted by molar-refractivity contribution is 0.0531. The zero-order chi connectivity index (χ0) is 22.5. The topological polar surface area (TPSA) is 94.2 Å². The van der Waals surface area contributed by atoms with E-state index in [4.69, 9.17) is 9.47 Å². The van der Waals surface area contributed by atoms with E-state index >= 15 is 0 Å². The first-order valence-corrected chi connectivity index (χ1v) is 10.9. The van der Waals surface area contributed by atoms with Crippen molar-refractivity contribution < 1.29 is 14.3 Å². The number of benzene rings is 1. The quantitative estimate of drug-likeness (QED) is 0.416. The minimum atomic E-state index is -0.441. The fourth-order valence-electron chi connectivity index (χ4n) is 3.18. The van der Waals surface area contributed by atoms with Gasteiger partial charge in [0, 0.05) is 11.8 Å². The number of fused-ring (bicyclic) bond motifs is 1. The predicted octanol–water partition coefficient (Wildman–Crippen LogP) is 4.61. The number of para-hydroxylation sites is 1. The van der Waals surface area contributed by atoms with Gasteiger partial charge in [0.1, 0.15) is 27.9 Å². The number of pyridine rings is 1. The Morgan fingerprint density at radius 2 is 1.97 bits per heavy atom. The number of nitrogens with one attached hydrogen (secondary N) is 1. The summed E-state index contributed by atoms with van der Waals surface area (Å²) >= 11 is 1.16. The van der Waals surface area contributed by atoms with Crippen LogP contribution in [-0.4, -0.2) is 27.5 Å². The van der Waals surface area contributed by atoms with Gasteiger partial charge in [0.05, 0.1) is 17.7 Å². The van der Waals surface area contributed by atoms with E-state index in [9.17, 15) is 9.59 Å². The highest BCUT2D eigenvalue weighted by Crippen LogP contribution is 2.28. The first-order valence-electron chi connectivity index (χ1n) is 10.1. The van der Waals surface area contributed by atoms with Gasteiger partial charge >= 0.3 is 5.97 Å². The van der Waals surface area contributed by atoms with Crippen LogP contribution in [0, 0.1) is 6.92 Å². The molecule has 162 valence electrons. The number of esters is 1. The molecule has 0 aliphatic rings. The number of nitrogens with zero attached hydrogens (tertiary/aromatic N) is 2. The highest BCUT2D eigenvalue weighted by molar-refractivity contribution is 7.20. The number of hydrogen-bond acceptors (Lipinski definition) is 7. The van der Waals surface area contributed by atoms with Crippen LogP contribution in [0.2, 0.25) is 0 Å². The van der Waals surface area contributed by atoms with E-state index < -0.39 is 5.97 Å². The molecule has 1 aromatic carbocycles. The van der Waals surface area contributed by atoms with E-state index in [2.05, 4.69) is 15.0 Å². The maximum absolute atomic E-state index is 12.6. The summed E-state index contributed by atoms with van der Waals surface area (Å²) in [5, 5.41) is 0.411. The molecule has 0 saturated heterocycles. The van der Waals surface area contributed by atoms with E-state index in [1.54, 1.807) is 26.1 Å². The second kappa shape index (κ2) is 9.57. The van der Waals surface area contributed by atoms with Crippen LogP contribution in [-0.2, 0) is 11.3 Å². The lowest BCUT2D eigenvalue weighted by Gasteiger charge is -2.08. The van der Waals surface area contributed by atoms with Crippen molar-refractivity contribution in [2.45, 2.75) is 20.5 Å². The summed E-state index contributed by atoms with van der Waals surface area (Å²) in [7, 11) is 0. The highest BCUT2D eigenvalue weighted by atomic mass is 32.1. The third-order valence-electron chi connectivity index (χ3n) is 4.72. The Morgan fingerprint density at radius 1 is 1.16 bits per heavy atom. The van der Waals surface area contributed by atoms with Crippen LogP contribution in [0.3, 0.4) is 0 Å². The molecule has 0 aliphatic heterocycles. The number of carbonyl (C=O) groups is 1. The van der Waals surface area contributed by atoms with Gasteiger partial charge in [-0.15, -0.1) is 11.3 Å². The number of aromatic amines is 1. The number of carbonyl (C=O) groups excluding carboxylic acids is 1. The second-order valence-corrected chi connectivity index (χ2v) is 7.89. The molecule has 0 unspecified atom stereocenters. The van der Waals surface area contributed by atoms with Gasteiger partial charge in [-0.25, -0.2) is 9.78 Å². The molecule has 0 aliphatic carbocycles. The van der Waals surface area contributed by atoms with Crippen molar-refractivity contribution in [2.24, 2.45) is 0 Å². The van der Waals surface area contributed by atoms with E-state index in [1.807, 2.05) is 48.5 Å². The molecule has 0 saturated carbocycles. The molecular formula is C24H21N3O4S. The predicted molar refractivity (Wildman–Crippen MR) is 125 cm³/mol. The van der Waals surface area contributed by atoms with Crippen LogP contribution in [0.5, 0.6) is 5.75 Å². The maximum Gasteiger partial charge on any atom is 0.348 e. The molecule has 8 heteroatoms. The molecule has 0 amide bonds. The molecule has 4 aromatic rings. The fraction of sp³-hybridized carbons (Fsp3) is 0.167. The average molecular weight is 448 g/mol. The summed E-state index contributed by atoms with van der Waals surface area (Å²) in [4.78, 5) is 37.2. The minimum absolute atomic E-state index is 0.270. The Hall–Kier alpha value is -3.78. The van der Waals surface area contributed by atoms with Crippen LogP contribution in [0.25, 0.3) is 22.4 Å². The van der Waals surface area contributed by atoms with Crippen LogP contribution < -0.4 is 10.3 Å². The summed E-state index contributed by atoms with van der Waals surface area (Å²) in [6.45, 7) is 4.09. The van der Waals surface area contributed by atoms with Crippen molar-refractivity contribution in [3.8, 4) is 5.75 Å². The third kappa shape index (κ3) is 4.60. The molecule has 32 heavy (non-hydrogen) atoms. The lowest BCUT2D eigenvalue weighted by Crippen LogP contribution is -2.10. The molecule has 0 fully saturated rings. The molecule has 7 nitrogen and oxygen atoms in total. The molecule has 3 heterocycles. The third-order valence-corrected chi connectivity index (χ3v) is 5.89. The van der Waals surface area contributed by atoms with Gasteiger partial charge in [0.25, 0.3) is 5.56 Å². The number of aromatic nitrogens is 3. The molecule has 3 aromatic heterocycles. The summed E-state index contributed by atoms with van der Waals surface area (Å²) < 4.78 is 11.0. The van der Waals surface area contributed by atoms with E-state index in [-0.39, 0.29) is 12.2 Å². The number of aryl methyl sites for hydroxylation is 1. The molecule has 4 rings (SSSR count). The summed E-state index contributed by atoms with van der Waals surface area (Å²) in [5.74, 6) is 0.636. The smallest absolute Gasteiger partial charge is 0.348 e. The van der Waals surface area contributed by atoms with Crippen molar-refractivity contribution >= 4 is 39.7 Å². The lowest BCUT2D eigenvalue weighted by atomic mass is 10.2. The van der Waals surface area contributed by atoms with Crippen molar-refractivity contribution in [1.82, 2.24) is 15.0 Å². The largest absolute Gasteiger partial charge is 0.487 e. The van der Waals surface area contributed by atoms with Crippen LogP contribution in [0.1, 0.15) is 39.2 Å². The first kappa shape index (κ1) is 21.5. The Morgan fingerprint density at radius 3 is 2.75 bits per heavy atom. The van der Waals surface area contributed by atoms with E-state index in [1.165, 1.54) is 0 Å². The molecule has 1 N–H and O–H groups in total. The summed E-state index contributed by atoms with van der Waals surface area (Å²) in [6.07, 6.45) is 5.26. The molecule has 0 radical (unpaired) electrons. The average Bonchev–Trinajstić information content (AvgIpc) is 3.14. The molecule has 0 spiro atoms. The molecule has 0 atom stereocenters.